The van der Waals surface area contributed by atoms with Gasteiger partial charge in [-0.2, -0.15) is 0 Å². The van der Waals surface area contributed by atoms with E-state index in [1.807, 2.05) is 30.3 Å². The van der Waals surface area contributed by atoms with Gasteiger partial charge in [-0.1, -0.05) is 30.3 Å². The van der Waals surface area contributed by atoms with Crippen LogP contribution in [0.2, 0.25) is 0 Å². The number of fused-ring (bicyclic) bond motifs is 1. The fraction of sp³-hybridized carbons (Fsp3) is 0.158. The Hall–Kier alpha value is -3.28. The molecule has 0 spiro atoms. The summed E-state index contributed by atoms with van der Waals surface area (Å²) in [6.07, 6.45) is 0.792. The molecule has 128 valence electrons. The molecular formula is C19H17NO5. The van der Waals surface area contributed by atoms with Crippen LogP contribution >= 0.6 is 0 Å². The van der Waals surface area contributed by atoms with Crippen molar-refractivity contribution in [2.75, 3.05) is 14.2 Å². The van der Waals surface area contributed by atoms with E-state index in [2.05, 4.69) is 0 Å². The summed E-state index contributed by atoms with van der Waals surface area (Å²) < 4.78 is 17.1. The van der Waals surface area contributed by atoms with Crippen LogP contribution in [0.3, 0.4) is 0 Å². The monoisotopic (exact) mass is 339 g/mol. The van der Waals surface area contributed by atoms with Crippen LogP contribution in [-0.2, 0) is 11.3 Å². The van der Waals surface area contributed by atoms with Crippen LogP contribution in [-0.4, -0.2) is 24.9 Å². The third kappa shape index (κ3) is 3.33. The van der Waals surface area contributed by atoms with E-state index in [1.165, 1.54) is 31.0 Å². The first-order chi connectivity index (χ1) is 12.1. The average Bonchev–Trinajstić information content (AvgIpc) is 2.66. The largest absolute Gasteiger partial charge is 0.497 e. The molecule has 0 atom stereocenters. The van der Waals surface area contributed by atoms with Crippen molar-refractivity contribution < 1.29 is 19.0 Å². The second-order valence-electron chi connectivity index (χ2n) is 5.31. The molecule has 0 fully saturated rings. The summed E-state index contributed by atoms with van der Waals surface area (Å²) in [5.41, 5.74) is 0.986. The summed E-state index contributed by atoms with van der Waals surface area (Å²) in [5, 5.41) is 0.294. The molecule has 3 rings (SSSR count). The number of hydrogen-bond acceptors (Lipinski definition) is 5. The zero-order valence-electron chi connectivity index (χ0n) is 13.9. The highest BCUT2D eigenvalue weighted by atomic mass is 16.5. The molecule has 0 aliphatic rings. The van der Waals surface area contributed by atoms with E-state index >= 15 is 0 Å². The summed E-state index contributed by atoms with van der Waals surface area (Å²) in [5.74, 6) is 0.809. The Morgan fingerprint density at radius 3 is 2.48 bits per heavy atom. The summed E-state index contributed by atoms with van der Waals surface area (Å²) in [7, 11) is 2.96. The highest BCUT2D eigenvalue weighted by Gasteiger charge is 2.16. The number of methoxy groups -OCH3 is 2. The minimum Gasteiger partial charge on any atom is -0.497 e. The molecule has 0 aliphatic heterocycles. The number of carbonyl (C=O) groups is 1. The van der Waals surface area contributed by atoms with Gasteiger partial charge in [0.1, 0.15) is 18.1 Å². The van der Waals surface area contributed by atoms with Crippen molar-refractivity contribution in [2.24, 2.45) is 0 Å². The van der Waals surface area contributed by atoms with Crippen LogP contribution in [0.15, 0.2) is 59.5 Å². The molecule has 6 heteroatoms. The van der Waals surface area contributed by atoms with Crippen molar-refractivity contribution in [3.63, 3.8) is 0 Å². The first-order valence-corrected chi connectivity index (χ1v) is 7.62. The van der Waals surface area contributed by atoms with E-state index in [0.717, 1.165) is 5.56 Å². The summed E-state index contributed by atoms with van der Waals surface area (Å²) in [6.45, 7) is 0.133. The fourth-order valence-corrected chi connectivity index (χ4v) is 2.55. The maximum Gasteiger partial charge on any atom is 0.418 e. The third-order valence-electron chi connectivity index (χ3n) is 3.79. The van der Waals surface area contributed by atoms with Crippen LogP contribution in [0.25, 0.3) is 10.9 Å². The molecule has 0 unspecified atom stereocenters. The molecule has 0 radical (unpaired) electrons. The molecule has 6 nitrogen and oxygen atoms in total. The smallest absolute Gasteiger partial charge is 0.418 e. The maximum absolute atomic E-state index is 12.5. The third-order valence-corrected chi connectivity index (χ3v) is 3.79. The van der Waals surface area contributed by atoms with Crippen molar-refractivity contribution in [1.29, 1.82) is 0 Å². The predicted molar refractivity (Wildman–Crippen MR) is 93.3 cm³/mol. The Kier molecular flexibility index (Phi) is 4.70. The minimum atomic E-state index is -0.593. The lowest BCUT2D eigenvalue weighted by atomic mass is 10.1. The molecule has 2 aromatic carbocycles. The second kappa shape index (κ2) is 7.09. The molecule has 25 heavy (non-hydrogen) atoms. The molecular weight excluding hydrogens is 322 g/mol. The number of rotatable bonds is 4. The highest BCUT2D eigenvalue weighted by molar-refractivity contribution is 5.92. The number of hydrogen-bond donors (Lipinski definition) is 0. The number of ether oxygens (including phenoxy) is 3. The first kappa shape index (κ1) is 16.6. The van der Waals surface area contributed by atoms with Crippen molar-refractivity contribution in [1.82, 2.24) is 4.57 Å². The van der Waals surface area contributed by atoms with Gasteiger partial charge in [-0.05, 0) is 5.56 Å². The van der Waals surface area contributed by atoms with E-state index in [0.29, 0.717) is 22.4 Å². The molecule has 1 aromatic heterocycles. The van der Waals surface area contributed by atoms with Gasteiger partial charge in [0.05, 0.1) is 25.1 Å². The molecule has 1 heterocycles. The van der Waals surface area contributed by atoms with Crippen LogP contribution in [0, 0.1) is 0 Å². The topological polar surface area (TPSA) is 66.8 Å². The number of pyridine rings is 1. The van der Waals surface area contributed by atoms with E-state index in [1.54, 1.807) is 12.1 Å². The van der Waals surface area contributed by atoms with Crippen molar-refractivity contribution >= 4 is 17.0 Å². The van der Waals surface area contributed by atoms with Gasteiger partial charge in [0.2, 0.25) is 0 Å². The van der Waals surface area contributed by atoms with Gasteiger partial charge in [0, 0.05) is 24.4 Å². The van der Waals surface area contributed by atoms with Crippen molar-refractivity contribution in [3.05, 3.63) is 70.5 Å². The fourth-order valence-electron chi connectivity index (χ4n) is 2.55. The average molecular weight is 339 g/mol. The molecule has 0 saturated heterocycles. The lowest BCUT2D eigenvalue weighted by molar-refractivity contribution is 0.142. The molecule has 3 aromatic rings. The summed E-state index contributed by atoms with van der Waals surface area (Å²) in [6, 6.07) is 13.9. The lowest BCUT2D eigenvalue weighted by Gasteiger charge is -2.13. The summed E-state index contributed by atoms with van der Waals surface area (Å²) in [4.78, 5) is 24.7. The molecule has 0 bridgehead atoms. The Morgan fingerprint density at radius 2 is 1.80 bits per heavy atom. The zero-order valence-corrected chi connectivity index (χ0v) is 13.9. The molecule has 0 saturated carbocycles. The molecule has 0 N–H and O–H groups in total. The van der Waals surface area contributed by atoms with Crippen LogP contribution < -0.4 is 14.9 Å². The SMILES string of the molecule is COc1cc(OC)c2c(=O)ccn(C(=O)OCc3ccccc3)c2c1. The normalized spacial score (nSPS) is 10.5. The van der Waals surface area contributed by atoms with E-state index in [-0.39, 0.29) is 12.0 Å². The lowest BCUT2D eigenvalue weighted by Crippen LogP contribution is -2.17. The number of benzene rings is 2. The van der Waals surface area contributed by atoms with Crippen LogP contribution in [0.5, 0.6) is 11.5 Å². The van der Waals surface area contributed by atoms with E-state index in [9.17, 15) is 9.59 Å². The second-order valence-corrected chi connectivity index (χ2v) is 5.31. The van der Waals surface area contributed by atoms with Gasteiger partial charge < -0.3 is 14.2 Å². The Labute approximate surface area is 144 Å². The van der Waals surface area contributed by atoms with E-state index < -0.39 is 6.09 Å². The predicted octanol–water partition coefficient (Wildman–Crippen LogP) is 3.20. The molecule has 0 aliphatic carbocycles. The van der Waals surface area contributed by atoms with Gasteiger partial charge in [-0.25, -0.2) is 4.79 Å². The van der Waals surface area contributed by atoms with Gasteiger partial charge >= 0.3 is 6.09 Å². The first-order valence-electron chi connectivity index (χ1n) is 7.62. The molecule has 0 amide bonds. The van der Waals surface area contributed by atoms with Crippen LogP contribution in [0.1, 0.15) is 5.56 Å². The van der Waals surface area contributed by atoms with Gasteiger partial charge in [0.15, 0.2) is 5.43 Å². The summed E-state index contributed by atoms with van der Waals surface area (Å²) >= 11 is 0. The van der Waals surface area contributed by atoms with Gasteiger partial charge in [0.25, 0.3) is 0 Å². The standard InChI is InChI=1S/C19H17NO5/c1-23-14-10-15-18(17(11-14)24-2)16(21)8-9-20(15)19(22)25-12-13-6-4-3-5-7-13/h3-11H,12H2,1-2H3. The maximum atomic E-state index is 12.5. The number of aromatic nitrogens is 1. The van der Waals surface area contributed by atoms with Crippen LogP contribution in [0.4, 0.5) is 4.79 Å². The van der Waals surface area contributed by atoms with Crippen molar-refractivity contribution in [2.45, 2.75) is 6.61 Å². The Balaban J connectivity index is 2.02. The Bertz CT molecular complexity index is 963. The zero-order chi connectivity index (χ0) is 17.8. The van der Waals surface area contributed by atoms with E-state index in [4.69, 9.17) is 14.2 Å². The Morgan fingerprint density at radius 1 is 1.04 bits per heavy atom. The number of carbonyl (C=O) groups excluding carboxylic acids is 1. The van der Waals surface area contributed by atoms with Gasteiger partial charge in [-0.3, -0.25) is 9.36 Å². The quantitative estimate of drug-likeness (QED) is 0.730. The van der Waals surface area contributed by atoms with Gasteiger partial charge in [-0.15, -0.1) is 0 Å². The van der Waals surface area contributed by atoms with Crippen molar-refractivity contribution in [3.8, 4) is 11.5 Å². The minimum absolute atomic E-state index is 0.133. The highest BCUT2D eigenvalue weighted by Crippen LogP contribution is 2.28. The number of nitrogens with zero attached hydrogens (tertiary/aromatic N) is 1.